The maximum atomic E-state index is 11.5. The van der Waals surface area contributed by atoms with Gasteiger partial charge in [0.2, 0.25) is 0 Å². The minimum absolute atomic E-state index is 0.350. The molecule has 0 aliphatic rings. The summed E-state index contributed by atoms with van der Waals surface area (Å²) in [5.41, 5.74) is -1.92. The molecule has 5 nitrogen and oxygen atoms in total. The van der Waals surface area contributed by atoms with E-state index in [4.69, 9.17) is 9.84 Å². The zero-order valence-corrected chi connectivity index (χ0v) is 11.8. The Morgan fingerprint density at radius 2 is 1.82 bits per heavy atom. The summed E-state index contributed by atoms with van der Waals surface area (Å²) >= 11 is 1.53. The number of hydrogen-bond donors (Lipinski definition) is 2. The number of amides is 1. The van der Waals surface area contributed by atoms with Crippen molar-refractivity contribution in [1.82, 2.24) is 5.32 Å². The zero-order valence-electron chi connectivity index (χ0n) is 11.0. The zero-order chi connectivity index (χ0) is 13.7. The first-order valence-electron chi connectivity index (χ1n) is 5.34. The van der Waals surface area contributed by atoms with Crippen molar-refractivity contribution in [2.45, 2.75) is 45.3 Å². The summed E-state index contributed by atoms with van der Waals surface area (Å²) in [5.74, 6) is -0.407. The van der Waals surface area contributed by atoms with Crippen LogP contribution in [0.4, 0.5) is 4.79 Å². The van der Waals surface area contributed by atoms with Gasteiger partial charge in [-0.25, -0.2) is 9.59 Å². The van der Waals surface area contributed by atoms with Crippen LogP contribution in [0.25, 0.3) is 0 Å². The van der Waals surface area contributed by atoms with Crippen molar-refractivity contribution in [2.24, 2.45) is 0 Å². The molecule has 0 aromatic rings. The number of carbonyl (C=O) groups is 2. The van der Waals surface area contributed by atoms with Gasteiger partial charge >= 0.3 is 12.1 Å². The number of carboxylic acid groups (broad SMARTS) is 1. The molecule has 0 aromatic heterocycles. The topological polar surface area (TPSA) is 75.6 Å². The summed E-state index contributed by atoms with van der Waals surface area (Å²) in [5, 5.41) is 11.5. The van der Waals surface area contributed by atoms with Crippen LogP contribution in [-0.4, -0.2) is 40.3 Å². The molecule has 2 N–H and O–H groups in total. The van der Waals surface area contributed by atoms with E-state index in [1.807, 2.05) is 6.26 Å². The molecule has 17 heavy (non-hydrogen) atoms. The van der Waals surface area contributed by atoms with E-state index in [9.17, 15) is 9.59 Å². The van der Waals surface area contributed by atoms with Crippen LogP contribution in [0.2, 0.25) is 0 Å². The van der Waals surface area contributed by atoms with Gasteiger partial charge in [-0.1, -0.05) is 0 Å². The van der Waals surface area contributed by atoms with Gasteiger partial charge in [0.1, 0.15) is 11.1 Å². The molecule has 0 rings (SSSR count). The van der Waals surface area contributed by atoms with E-state index in [1.54, 1.807) is 20.8 Å². The molecule has 0 aromatic carbocycles. The summed E-state index contributed by atoms with van der Waals surface area (Å²) in [6, 6.07) is 0. The van der Waals surface area contributed by atoms with E-state index in [0.29, 0.717) is 12.2 Å². The van der Waals surface area contributed by atoms with Crippen LogP contribution in [0.15, 0.2) is 0 Å². The Bertz CT molecular complexity index is 288. The molecule has 0 fully saturated rings. The fraction of sp³-hybridized carbons (Fsp3) is 0.818. The molecule has 0 unspecified atom stereocenters. The number of carboxylic acids is 1. The molecule has 0 heterocycles. The van der Waals surface area contributed by atoms with Crippen molar-refractivity contribution in [3.63, 3.8) is 0 Å². The highest BCUT2D eigenvalue weighted by Crippen LogP contribution is 2.15. The molecule has 1 atom stereocenters. The quantitative estimate of drug-likeness (QED) is 0.794. The molecule has 0 saturated heterocycles. The fourth-order valence-electron chi connectivity index (χ4n) is 1.06. The van der Waals surface area contributed by atoms with Crippen molar-refractivity contribution in [1.29, 1.82) is 0 Å². The van der Waals surface area contributed by atoms with Gasteiger partial charge in [0, 0.05) is 0 Å². The number of thioether (sulfide) groups is 1. The monoisotopic (exact) mass is 263 g/mol. The van der Waals surface area contributed by atoms with Crippen LogP contribution in [0, 0.1) is 0 Å². The van der Waals surface area contributed by atoms with Crippen molar-refractivity contribution in [3.8, 4) is 0 Å². The van der Waals surface area contributed by atoms with Crippen LogP contribution in [0.3, 0.4) is 0 Å². The second-order valence-electron chi connectivity index (χ2n) is 5.01. The van der Waals surface area contributed by atoms with Crippen LogP contribution >= 0.6 is 11.8 Å². The maximum absolute atomic E-state index is 11.5. The summed E-state index contributed by atoms with van der Waals surface area (Å²) in [7, 11) is 0. The Kier molecular flexibility index (Phi) is 5.81. The van der Waals surface area contributed by atoms with Crippen molar-refractivity contribution >= 4 is 23.8 Å². The lowest BCUT2D eigenvalue weighted by atomic mass is 10.00. The SMILES string of the molecule is CSCC[C@@](C)(NC(=O)OC(C)(C)C)C(=O)O. The Balaban J connectivity index is 4.55. The van der Waals surface area contributed by atoms with Gasteiger partial charge in [0.15, 0.2) is 0 Å². The minimum atomic E-state index is -1.29. The van der Waals surface area contributed by atoms with Gasteiger partial charge in [-0.05, 0) is 46.1 Å². The predicted octanol–water partition coefficient (Wildman–Crippen LogP) is 2.11. The largest absolute Gasteiger partial charge is 0.480 e. The van der Waals surface area contributed by atoms with Gasteiger partial charge in [0.05, 0.1) is 0 Å². The van der Waals surface area contributed by atoms with Crippen molar-refractivity contribution in [2.75, 3.05) is 12.0 Å². The van der Waals surface area contributed by atoms with Gasteiger partial charge in [-0.2, -0.15) is 11.8 Å². The average Bonchev–Trinajstić information content (AvgIpc) is 2.11. The lowest BCUT2D eigenvalue weighted by Crippen LogP contribution is -2.53. The number of aliphatic carboxylic acids is 1. The van der Waals surface area contributed by atoms with E-state index >= 15 is 0 Å². The standard InChI is InChI=1S/C11H21NO4S/c1-10(2,3)16-9(15)12-11(4,8(13)14)6-7-17-5/h6-7H2,1-5H3,(H,12,15)(H,13,14)/t11-/m1/s1. The molecule has 1 amide bonds. The molecular formula is C11H21NO4S. The molecule has 0 radical (unpaired) electrons. The molecule has 0 aliphatic carbocycles. The number of ether oxygens (including phenoxy) is 1. The van der Waals surface area contributed by atoms with E-state index < -0.39 is 23.2 Å². The molecule has 0 saturated carbocycles. The summed E-state index contributed by atoms with van der Waals surface area (Å²) in [6.07, 6.45) is 1.53. The van der Waals surface area contributed by atoms with Crippen LogP contribution < -0.4 is 5.32 Å². The Hall–Kier alpha value is -0.910. The number of rotatable bonds is 5. The second kappa shape index (κ2) is 6.14. The third kappa shape index (κ3) is 6.41. The predicted molar refractivity (Wildman–Crippen MR) is 68.4 cm³/mol. The minimum Gasteiger partial charge on any atom is -0.480 e. The van der Waals surface area contributed by atoms with Crippen LogP contribution in [0.5, 0.6) is 0 Å². The molecular weight excluding hydrogens is 242 g/mol. The van der Waals surface area contributed by atoms with Gasteiger partial charge in [-0.15, -0.1) is 0 Å². The Morgan fingerprint density at radius 1 is 1.29 bits per heavy atom. The summed E-state index contributed by atoms with van der Waals surface area (Å²) < 4.78 is 5.04. The highest BCUT2D eigenvalue weighted by Gasteiger charge is 2.35. The second-order valence-corrected chi connectivity index (χ2v) is 5.99. The van der Waals surface area contributed by atoms with Crippen LogP contribution in [0.1, 0.15) is 34.1 Å². The number of carbonyl (C=O) groups excluding carboxylic acids is 1. The Morgan fingerprint density at radius 3 is 2.18 bits per heavy atom. The fourth-order valence-corrected chi connectivity index (χ4v) is 1.67. The highest BCUT2D eigenvalue weighted by atomic mass is 32.2. The average molecular weight is 263 g/mol. The summed E-state index contributed by atoms with van der Waals surface area (Å²) in [6.45, 7) is 6.67. The molecule has 0 spiro atoms. The number of nitrogens with one attached hydrogen (secondary N) is 1. The smallest absolute Gasteiger partial charge is 0.408 e. The Labute approximate surface area is 106 Å². The van der Waals surface area contributed by atoms with Gasteiger partial charge in [-0.3, -0.25) is 0 Å². The number of alkyl carbamates (subject to hydrolysis) is 1. The third-order valence-electron chi connectivity index (χ3n) is 2.06. The van der Waals surface area contributed by atoms with E-state index in [2.05, 4.69) is 5.32 Å². The first-order valence-corrected chi connectivity index (χ1v) is 6.73. The maximum Gasteiger partial charge on any atom is 0.408 e. The summed E-state index contributed by atoms with van der Waals surface area (Å²) in [4.78, 5) is 22.7. The van der Waals surface area contributed by atoms with Crippen LogP contribution in [-0.2, 0) is 9.53 Å². The first-order chi connectivity index (χ1) is 7.60. The van der Waals surface area contributed by atoms with Gasteiger partial charge in [0.25, 0.3) is 0 Å². The lowest BCUT2D eigenvalue weighted by Gasteiger charge is -2.28. The third-order valence-corrected chi connectivity index (χ3v) is 2.67. The van der Waals surface area contributed by atoms with E-state index in [1.165, 1.54) is 18.7 Å². The molecule has 0 bridgehead atoms. The van der Waals surface area contributed by atoms with Crippen molar-refractivity contribution in [3.05, 3.63) is 0 Å². The normalized spacial score (nSPS) is 14.9. The molecule has 0 aliphatic heterocycles. The van der Waals surface area contributed by atoms with E-state index in [-0.39, 0.29) is 0 Å². The van der Waals surface area contributed by atoms with Crippen molar-refractivity contribution < 1.29 is 19.4 Å². The lowest BCUT2D eigenvalue weighted by molar-refractivity contribution is -0.144. The number of hydrogen-bond acceptors (Lipinski definition) is 4. The van der Waals surface area contributed by atoms with E-state index in [0.717, 1.165) is 0 Å². The first kappa shape index (κ1) is 16.1. The molecule has 100 valence electrons. The van der Waals surface area contributed by atoms with Gasteiger partial charge < -0.3 is 15.2 Å². The molecule has 6 heteroatoms. The highest BCUT2D eigenvalue weighted by molar-refractivity contribution is 7.98.